The van der Waals surface area contributed by atoms with E-state index in [1.807, 2.05) is 30.3 Å². The van der Waals surface area contributed by atoms with Gasteiger partial charge in [0.25, 0.3) is 11.8 Å². The molecule has 1 aliphatic heterocycles. The Labute approximate surface area is 186 Å². The number of esters is 1. The molecule has 154 valence electrons. The zero-order chi connectivity index (χ0) is 22.0. The fourth-order valence-electron chi connectivity index (χ4n) is 3.26. The van der Waals surface area contributed by atoms with Gasteiger partial charge in [-0.15, -0.1) is 0 Å². The molecule has 0 saturated carbocycles. The lowest BCUT2D eigenvalue weighted by Gasteiger charge is -2.13. The van der Waals surface area contributed by atoms with Crippen molar-refractivity contribution in [1.29, 1.82) is 0 Å². The average molecular weight is 478 g/mol. The number of hydrogen-bond donors (Lipinski definition) is 0. The highest BCUT2D eigenvalue weighted by Crippen LogP contribution is 2.26. The molecule has 2 amide bonds. The SMILES string of the molecule is O=C(COC(=O)c1ccc2c(c1)C(=O)N(Cc1ccccc1)C2=O)c1ccc(Br)cc1. The summed E-state index contributed by atoms with van der Waals surface area (Å²) in [4.78, 5) is 51.1. The second kappa shape index (κ2) is 8.65. The van der Waals surface area contributed by atoms with E-state index < -0.39 is 24.4 Å². The van der Waals surface area contributed by atoms with Crippen molar-refractivity contribution in [2.24, 2.45) is 0 Å². The third-order valence-corrected chi connectivity index (χ3v) is 5.42. The third-order valence-electron chi connectivity index (χ3n) is 4.89. The van der Waals surface area contributed by atoms with Crippen molar-refractivity contribution < 1.29 is 23.9 Å². The third kappa shape index (κ3) is 4.32. The van der Waals surface area contributed by atoms with Crippen molar-refractivity contribution in [1.82, 2.24) is 4.90 Å². The molecule has 4 rings (SSSR count). The van der Waals surface area contributed by atoms with Gasteiger partial charge in [0.2, 0.25) is 0 Å². The Balaban J connectivity index is 1.46. The van der Waals surface area contributed by atoms with Gasteiger partial charge in [-0.05, 0) is 35.9 Å². The van der Waals surface area contributed by atoms with Crippen molar-refractivity contribution in [3.8, 4) is 0 Å². The topological polar surface area (TPSA) is 80.8 Å². The molecule has 31 heavy (non-hydrogen) atoms. The van der Waals surface area contributed by atoms with Crippen molar-refractivity contribution in [3.05, 3.63) is 105 Å². The first-order valence-corrected chi connectivity index (χ1v) is 10.2. The van der Waals surface area contributed by atoms with E-state index in [4.69, 9.17) is 4.74 Å². The van der Waals surface area contributed by atoms with E-state index in [1.54, 1.807) is 24.3 Å². The Morgan fingerprint density at radius 3 is 2.16 bits per heavy atom. The summed E-state index contributed by atoms with van der Waals surface area (Å²) in [5, 5.41) is 0. The van der Waals surface area contributed by atoms with Crippen LogP contribution < -0.4 is 0 Å². The number of halogens is 1. The molecule has 0 saturated heterocycles. The quantitative estimate of drug-likeness (QED) is 0.300. The Morgan fingerprint density at radius 1 is 0.806 bits per heavy atom. The summed E-state index contributed by atoms with van der Waals surface area (Å²) in [6, 6.07) is 20.1. The maximum atomic E-state index is 12.8. The van der Waals surface area contributed by atoms with Gasteiger partial charge in [0.15, 0.2) is 12.4 Å². The number of imide groups is 1. The van der Waals surface area contributed by atoms with Gasteiger partial charge in [0.1, 0.15) is 0 Å². The van der Waals surface area contributed by atoms with Gasteiger partial charge in [0.05, 0.1) is 23.2 Å². The summed E-state index contributed by atoms with van der Waals surface area (Å²) in [5.41, 5.74) is 1.73. The summed E-state index contributed by atoms with van der Waals surface area (Å²) in [5.74, 6) is -1.96. The van der Waals surface area contributed by atoms with Crippen LogP contribution in [-0.2, 0) is 11.3 Å². The number of nitrogens with zero attached hydrogens (tertiary/aromatic N) is 1. The smallest absolute Gasteiger partial charge is 0.338 e. The lowest BCUT2D eigenvalue weighted by Crippen LogP contribution is -2.29. The minimum absolute atomic E-state index is 0.102. The highest BCUT2D eigenvalue weighted by atomic mass is 79.9. The van der Waals surface area contributed by atoms with Crippen LogP contribution in [0.1, 0.15) is 47.0 Å². The maximum Gasteiger partial charge on any atom is 0.338 e. The fourth-order valence-corrected chi connectivity index (χ4v) is 3.53. The molecule has 1 heterocycles. The van der Waals surface area contributed by atoms with Crippen LogP contribution in [0.15, 0.2) is 77.3 Å². The number of amides is 2. The van der Waals surface area contributed by atoms with Crippen LogP contribution in [0.3, 0.4) is 0 Å². The number of ketones is 1. The summed E-state index contributed by atoms with van der Waals surface area (Å²) in [7, 11) is 0. The van der Waals surface area contributed by atoms with Gasteiger partial charge < -0.3 is 4.74 Å². The zero-order valence-electron chi connectivity index (χ0n) is 16.2. The molecule has 1 aliphatic rings. The summed E-state index contributed by atoms with van der Waals surface area (Å²) < 4.78 is 5.94. The normalized spacial score (nSPS) is 12.6. The molecule has 0 spiro atoms. The lowest BCUT2D eigenvalue weighted by molar-refractivity contribution is 0.0474. The standard InChI is InChI=1S/C24H16BrNO5/c25-18-9-6-16(7-10-18)21(27)14-31-24(30)17-8-11-19-20(12-17)23(29)26(22(19)28)13-15-4-2-1-3-5-15/h1-12H,13-14H2. The van der Waals surface area contributed by atoms with Gasteiger partial charge in [-0.1, -0.05) is 58.4 Å². The minimum atomic E-state index is -0.741. The number of rotatable bonds is 6. The van der Waals surface area contributed by atoms with Crippen LogP contribution in [0.5, 0.6) is 0 Å². The molecule has 0 unspecified atom stereocenters. The van der Waals surface area contributed by atoms with Crippen LogP contribution in [0.4, 0.5) is 0 Å². The van der Waals surface area contributed by atoms with Gasteiger partial charge >= 0.3 is 5.97 Å². The Kier molecular flexibility index (Phi) is 5.77. The zero-order valence-corrected chi connectivity index (χ0v) is 17.8. The number of ether oxygens (including phenoxy) is 1. The largest absolute Gasteiger partial charge is 0.454 e. The van der Waals surface area contributed by atoms with Crippen molar-refractivity contribution in [3.63, 3.8) is 0 Å². The van der Waals surface area contributed by atoms with Gasteiger partial charge in [-0.25, -0.2) is 4.79 Å². The first kappa shape index (κ1) is 20.7. The maximum absolute atomic E-state index is 12.8. The minimum Gasteiger partial charge on any atom is -0.454 e. The second-order valence-corrected chi connectivity index (χ2v) is 7.86. The summed E-state index contributed by atoms with van der Waals surface area (Å²) in [6.45, 7) is -0.279. The van der Waals surface area contributed by atoms with Crippen molar-refractivity contribution in [2.75, 3.05) is 6.61 Å². The number of benzene rings is 3. The van der Waals surface area contributed by atoms with Gasteiger partial charge in [-0.2, -0.15) is 0 Å². The summed E-state index contributed by atoms with van der Waals surface area (Å²) >= 11 is 3.29. The average Bonchev–Trinajstić information content (AvgIpc) is 3.02. The van der Waals surface area contributed by atoms with E-state index in [0.717, 1.165) is 14.9 Å². The van der Waals surface area contributed by atoms with E-state index in [9.17, 15) is 19.2 Å². The molecule has 0 bridgehead atoms. The second-order valence-electron chi connectivity index (χ2n) is 6.95. The molecule has 7 heteroatoms. The molecule has 0 radical (unpaired) electrons. The van der Waals surface area contributed by atoms with Crippen LogP contribution in [0.25, 0.3) is 0 Å². The first-order chi connectivity index (χ1) is 14.9. The molecular formula is C24H16BrNO5. The van der Waals surface area contributed by atoms with Gasteiger partial charge in [-0.3, -0.25) is 19.3 Å². The molecule has 3 aromatic rings. The van der Waals surface area contributed by atoms with Crippen molar-refractivity contribution >= 4 is 39.5 Å². The predicted octanol–water partition coefficient (Wildman–Crippen LogP) is 4.29. The summed E-state index contributed by atoms with van der Waals surface area (Å²) in [6.07, 6.45) is 0. The Bertz CT molecular complexity index is 1190. The van der Waals surface area contributed by atoms with Gasteiger partial charge in [0, 0.05) is 10.0 Å². The molecular weight excluding hydrogens is 462 g/mol. The van der Waals surface area contributed by atoms with Crippen molar-refractivity contribution in [2.45, 2.75) is 6.54 Å². The number of carbonyl (C=O) groups excluding carboxylic acids is 4. The molecule has 6 nitrogen and oxygen atoms in total. The Morgan fingerprint density at radius 2 is 1.45 bits per heavy atom. The van der Waals surface area contributed by atoms with Crippen LogP contribution in [0.2, 0.25) is 0 Å². The monoisotopic (exact) mass is 477 g/mol. The number of fused-ring (bicyclic) bond motifs is 1. The fraction of sp³-hybridized carbons (Fsp3) is 0.0833. The lowest BCUT2D eigenvalue weighted by atomic mass is 10.1. The van der Waals surface area contributed by atoms with E-state index in [2.05, 4.69) is 15.9 Å². The van der Waals surface area contributed by atoms with E-state index in [1.165, 1.54) is 18.2 Å². The molecule has 0 fully saturated rings. The van der Waals surface area contributed by atoms with Crippen LogP contribution in [-0.4, -0.2) is 35.1 Å². The highest BCUT2D eigenvalue weighted by Gasteiger charge is 2.36. The highest BCUT2D eigenvalue weighted by molar-refractivity contribution is 9.10. The number of carbonyl (C=O) groups is 4. The molecule has 0 aromatic heterocycles. The van der Waals surface area contributed by atoms with E-state index in [0.29, 0.717) is 5.56 Å². The Hall–Kier alpha value is -3.58. The molecule has 0 atom stereocenters. The van der Waals surface area contributed by atoms with E-state index >= 15 is 0 Å². The molecule has 0 N–H and O–H groups in total. The van der Waals surface area contributed by atoms with Crippen LogP contribution >= 0.6 is 15.9 Å². The first-order valence-electron chi connectivity index (χ1n) is 9.44. The number of hydrogen-bond acceptors (Lipinski definition) is 5. The molecule has 0 aliphatic carbocycles. The molecule has 3 aromatic carbocycles. The number of Topliss-reactive ketones (excluding diaryl/α,β-unsaturated/α-hetero) is 1. The predicted molar refractivity (Wildman–Crippen MR) is 116 cm³/mol. The van der Waals surface area contributed by atoms with E-state index in [-0.39, 0.29) is 29.0 Å². The van der Waals surface area contributed by atoms with Crippen LogP contribution in [0, 0.1) is 0 Å².